The molecule has 24 heavy (non-hydrogen) atoms. The number of carbonyl (C=O) groups excluding carboxylic acids is 1. The lowest BCUT2D eigenvalue weighted by molar-refractivity contribution is 0.0815. The van der Waals surface area contributed by atoms with Crippen LogP contribution >= 0.6 is 0 Å². The molecule has 0 bridgehead atoms. The van der Waals surface area contributed by atoms with Crippen LogP contribution in [0.15, 0.2) is 36.4 Å². The molecule has 1 unspecified atom stereocenters. The first kappa shape index (κ1) is 15.6. The number of fused-ring (bicyclic) bond motifs is 1. The Morgan fingerprint density at radius 1 is 1.12 bits per heavy atom. The highest BCUT2D eigenvalue weighted by molar-refractivity contribution is 6.01. The Kier molecular flexibility index (Phi) is 4.28. The number of rotatable bonds is 5. The molecule has 1 aliphatic carbocycles. The number of nitrogens with zero attached hydrogens (tertiary/aromatic N) is 1. The molecule has 2 aromatic carbocycles. The zero-order chi connectivity index (χ0) is 16.5. The average molecular weight is 323 g/mol. The van der Waals surface area contributed by atoms with Gasteiger partial charge in [-0.05, 0) is 67.1 Å². The van der Waals surface area contributed by atoms with Gasteiger partial charge in [0.05, 0.1) is 7.11 Å². The van der Waals surface area contributed by atoms with Crippen molar-refractivity contribution < 1.29 is 9.53 Å². The van der Waals surface area contributed by atoms with Gasteiger partial charge in [0, 0.05) is 24.6 Å². The lowest BCUT2D eigenvalue weighted by atomic mass is 9.89. The van der Waals surface area contributed by atoms with Gasteiger partial charge < -0.3 is 9.64 Å². The summed E-state index contributed by atoms with van der Waals surface area (Å²) < 4.78 is 5.27. The van der Waals surface area contributed by atoms with E-state index in [2.05, 4.69) is 4.90 Å². The molecule has 0 N–H and O–H groups in total. The minimum absolute atomic E-state index is 0.160. The fourth-order valence-corrected chi connectivity index (χ4v) is 3.84. The molecule has 1 aliphatic heterocycles. The Morgan fingerprint density at radius 2 is 1.92 bits per heavy atom. The molecule has 2 fully saturated rings. The highest BCUT2D eigenvalue weighted by Gasteiger charge is 2.30. The second kappa shape index (κ2) is 6.56. The lowest BCUT2D eigenvalue weighted by Crippen LogP contribution is -2.39. The molecule has 0 aromatic heterocycles. The fraction of sp³-hybridized carbons (Fsp3) is 0.476. The molecule has 3 nitrogen and oxygen atoms in total. The number of Topliss-reactive ketones (excluding diaryl/α,β-unsaturated/α-hetero) is 1. The van der Waals surface area contributed by atoms with E-state index in [1.165, 1.54) is 19.4 Å². The van der Waals surface area contributed by atoms with Gasteiger partial charge in [0.25, 0.3) is 0 Å². The number of piperidine rings is 1. The molecule has 2 aliphatic rings. The first-order valence-electron chi connectivity index (χ1n) is 9.07. The maximum absolute atomic E-state index is 13.0. The van der Waals surface area contributed by atoms with Gasteiger partial charge in [0.1, 0.15) is 5.75 Å². The van der Waals surface area contributed by atoms with Gasteiger partial charge >= 0.3 is 0 Å². The van der Waals surface area contributed by atoms with Crippen LogP contribution < -0.4 is 4.74 Å². The molecule has 0 spiro atoms. The molecule has 0 amide bonds. The second-order valence-corrected chi connectivity index (χ2v) is 7.33. The summed E-state index contributed by atoms with van der Waals surface area (Å²) in [6.45, 7) is 3.30. The third-order valence-corrected chi connectivity index (χ3v) is 5.42. The summed E-state index contributed by atoms with van der Waals surface area (Å²) >= 11 is 0. The van der Waals surface area contributed by atoms with Gasteiger partial charge in [-0.3, -0.25) is 4.79 Å². The van der Waals surface area contributed by atoms with Crippen molar-refractivity contribution in [1.29, 1.82) is 0 Å². The summed E-state index contributed by atoms with van der Waals surface area (Å²) in [6, 6.07) is 12.1. The molecule has 0 radical (unpaired) electrons. The van der Waals surface area contributed by atoms with Crippen molar-refractivity contribution in [1.82, 2.24) is 4.90 Å². The van der Waals surface area contributed by atoms with E-state index in [0.717, 1.165) is 53.9 Å². The molecule has 4 rings (SSSR count). The van der Waals surface area contributed by atoms with Crippen LogP contribution in [0.3, 0.4) is 0 Å². The number of hydrogen-bond donors (Lipinski definition) is 0. The van der Waals surface area contributed by atoms with Gasteiger partial charge in [-0.1, -0.05) is 18.2 Å². The normalized spacial score (nSPS) is 21.8. The van der Waals surface area contributed by atoms with Crippen molar-refractivity contribution in [2.75, 3.05) is 26.7 Å². The Labute approximate surface area is 143 Å². The smallest absolute Gasteiger partial charge is 0.167 e. The van der Waals surface area contributed by atoms with Crippen LogP contribution in [0.5, 0.6) is 5.75 Å². The van der Waals surface area contributed by atoms with Gasteiger partial charge in [-0.2, -0.15) is 0 Å². The standard InChI is InChI=1S/C21H25NO2/c1-24-20-9-8-16-11-18(7-6-17(16)12-20)21(23)19-3-2-10-22(14-19)13-15-4-5-15/h6-9,11-12,15,19H,2-5,10,13-14H2,1H3. The van der Waals surface area contributed by atoms with E-state index in [-0.39, 0.29) is 5.92 Å². The van der Waals surface area contributed by atoms with Gasteiger partial charge in [-0.15, -0.1) is 0 Å². The monoisotopic (exact) mass is 323 g/mol. The first-order valence-corrected chi connectivity index (χ1v) is 9.07. The number of carbonyl (C=O) groups is 1. The summed E-state index contributed by atoms with van der Waals surface area (Å²) in [5.74, 6) is 2.22. The summed E-state index contributed by atoms with van der Waals surface area (Å²) in [4.78, 5) is 15.5. The zero-order valence-corrected chi connectivity index (χ0v) is 14.3. The molecule has 1 saturated heterocycles. The predicted octanol–water partition coefficient (Wildman–Crippen LogP) is 4.15. The molecule has 1 atom stereocenters. The fourth-order valence-electron chi connectivity index (χ4n) is 3.84. The highest BCUT2D eigenvalue weighted by Crippen LogP contribution is 2.32. The molecule has 2 aromatic rings. The largest absolute Gasteiger partial charge is 0.497 e. The Morgan fingerprint density at radius 3 is 2.71 bits per heavy atom. The number of methoxy groups -OCH3 is 1. The predicted molar refractivity (Wildman–Crippen MR) is 96.7 cm³/mol. The third-order valence-electron chi connectivity index (χ3n) is 5.42. The zero-order valence-electron chi connectivity index (χ0n) is 14.3. The van der Waals surface area contributed by atoms with Gasteiger partial charge in [-0.25, -0.2) is 0 Å². The van der Waals surface area contributed by atoms with Crippen LogP contribution in [0.25, 0.3) is 10.8 Å². The van der Waals surface area contributed by atoms with Crippen LogP contribution in [-0.2, 0) is 0 Å². The maximum atomic E-state index is 13.0. The van der Waals surface area contributed by atoms with Gasteiger partial charge in [0.2, 0.25) is 0 Å². The number of ether oxygens (including phenoxy) is 1. The molecular weight excluding hydrogens is 298 g/mol. The second-order valence-electron chi connectivity index (χ2n) is 7.33. The summed E-state index contributed by atoms with van der Waals surface area (Å²) in [7, 11) is 1.68. The molecular formula is C21H25NO2. The minimum atomic E-state index is 0.160. The van der Waals surface area contributed by atoms with Crippen molar-refractivity contribution in [3.8, 4) is 5.75 Å². The SMILES string of the molecule is COc1ccc2cc(C(=O)C3CCCN(CC4CC4)C3)ccc2c1. The Bertz CT molecular complexity index is 751. The quantitative estimate of drug-likeness (QED) is 0.774. The summed E-state index contributed by atoms with van der Waals surface area (Å²) in [5.41, 5.74) is 0.853. The van der Waals surface area contributed by atoms with Crippen LogP contribution in [0.1, 0.15) is 36.0 Å². The summed E-state index contributed by atoms with van der Waals surface area (Å²) in [6.07, 6.45) is 4.93. The topological polar surface area (TPSA) is 29.5 Å². The van der Waals surface area contributed by atoms with Crippen molar-refractivity contribution in [2.45, 2.75) is 25.7 Å². The van der Waals surface area contributed by atoms with E-state index in [4.69, 9.17) is 4.74 Å². The van der Waals surface area contributed by atoms with Crippen LogP contribution in [0.2, 0.25) is 0 Å². The van der Waals surface area contributed by atoms with Crippen molar-refractivity contribution in [2.24, 2.45) is 11.8 Å². The molecule has 3 heteroatoms. The van der Waals surface area contributed by atoms with Crippen LogP contribution in [0.4, 0.5) is 0 Å². The molecule has 1 heterocycles. The Balaban J connectivity index is 1.51. The number of likely N-dealkylation sites (tertiary alicyclic amines) is 1. The number of benzene rings is 2. The maximum Gasteiger partial charge on any atom is 0.167 e. The number of hydrogen-bond acceptors (Lipinski definition) is 3. The first-order chi connectivity index (χ1) is 11.7. The van der Waals surface area contributed by atoms with E-state index in [1.807, 2.05) is 36.4 Å². The van der Waals surface area contributed by atoms with E-state index < -0.39 is 0 Å². The lowest BCUT2D eigenvalue weighted by Gasteiger charge is -2.32. The average Bonchev–Trinajstić information content (AvgIpc) is 3.44. The van der Waals surface area contributed by atoms with E-state index in [0.29, 0.717) is 5.78 Å². The Hall–Kier alpha value is -1.87. The third kappa shape index (κ3) is 3.32. The van der Waals surface area contributed by atoms with Crippen LogP contribution in [-0.4, -0.2) is 37.4 Å². The van der Waals surface area contributed by atoms with E-state index in [9.17, 15) is 4.79 Å². The summed E-state index contributed by atoms with van der Waals surface area (Å²) in [5, 5.41) is 2.22. The van der Waals surface area contributed by atoms with Crippen molar-refractivity contribution >= 4 is 16.6 Å². The van der Waals surface area contributed by atoms with E-state index in [1.54, 1.807) is 7.11 Å². The molecule has 126 valence electrons. The number of ketones is 1. The van der Waals surface area contributed by atoms with Gasteiger partial charge in [0.15, 0.2) is 5.78 Å². The minimum Gasteiger partial charge on any atom is -0.497 e. The molecule has 1 saturated carbocycles. The van der Waals surface area contributed by atoms with Crippen LogP contribution in [0, 0.1) is 11.8 Å². The highest BCUT2D eigenvalue weighted by atomic mass is 16.5. The van der Waals surface area contributed by atoms with Crippen molar-refractivity contribution in [3.63, 3.8) is 0 Å². The van der Waals surface area contributed by atoms with Crippen molar-refractivity contribution in [3.05, 3.63) is 42.0 Å². The van der Waals surface area contributed by atoms with E-state index >= 15 is 0 Å².